The van der Waals surface area contributed by atoms with Gasteiger partial charge >= 0.3 is 12.2 Å². The van der Waals surface area contributed by atoms with Crippen molar-refractivity contribution in [1.29, 1.82) is 0 Å². The van der Waals surface area contributed by atoms with Crippen molar-refractivity contribution in [3.8, 4) is 5.75 Å². The molecule has 2 amide bonds. The average molecular weight is 547 g/mol. The molecule has 2 aromatic carbocycles. The van der Waals surface area contributed by atoms with Crippen molar-refractivity contribution in [3.05, 3.63) is 78.1 Å². The number of alkyl halides is 3. The van der Waals surface area contributed by atoms with Crippen molar-refractivity contribution >= 4 is 23.3 Å². The SMILES string of the molecule is C=C/N=C(\C=C(/C)NCCN)Oc1ccc(NC(=O)Nc2ccc(CN(CC)CCC)c(C(F)(F)F)c2)cc1. The van der Waals surface area contributed by atoms with Gasteiger partial charge in [0, 0.05) is 49.0 Å². The van der Waals surface area contributed by atoms with Crippen LogP contribution in [0.2, 0.25) is 0 Å². The zero-order chi connectivity index (χ0) is 28.8. The molecule has 212 valence electrons. The van der Waals surface area contributed by atoms with E-state index in [0.29, 0.717) is 43.5 Å². The molecule has 0 aliphatic carbocycles. The van der Waals surface area contributed by atoms with Gasteiger partial charge < -0.3 is 26.4 Å². The zero-order valence-electron chi connectivity index (χ0n) is 22.6. The summed E-state index contributed by atoms with van der Waals surface area (Å²) in [5.41, 5.74) is 6.16. The fourth-order valence-corrected chi connectivity index (χ4v) is 3.67. The summed E-state index contributed by atoms with van der Waals surface area (Å²) >= 11 is 0. The second kappa shape index (κ2) is 15.6. The van der Waals surface area contributed by atoms with Crippen LogP contribution in [0.1, 0.15) is 38.3 Å². The van der Waals surface area contributed by atoms with Crippen LogP contribution in [0.3, 0.4) is 0 Å². The molecule has 0 unspecified atom stereocenters. The lowest BCUT2D eigenvalue weighted by molar-refractivity contribution is -0.138. The summed E-state index contributed by atoms with van der Waals surface area (Å²) in [6, 6.07) is 9.61. The van der Waals surface area contributed by atoms with Crippen LogP contribution in [-0.2, 0) is 12.7 Å². The molecule has 0 bridgehead atoms. The van der Waals surface area contributed by atoms with Gasteiger partial charge in [0.1, 0.15) is 5.75 Å². The first-order valence-corrected chi connectivity index (χ1v) is 12.7. The molecule has 0 aliphatic heterocycles. The number of benzene rings is 2. The molecule has 0 saturated heterocycles. The molecule has 0 aromatic heterocycles. The number of nitrogens with zero attached hydrogens (tertiary/aromatic N) is 2. The lowest BCUT2D eigenvalue weighted by atomic mass is 10.0. The van der Waals surface area contributed by atoms with Crippen LogP contribution in [0.5, 0.6) is 5.75 Å². The van der Waals surface area contributed by atoms with Crippen LogP contribution >= 0.6 is 0 Å². The van der Waals surface area contributed by atoms with E-state index in [2.05, 4.69) is 27.5 Å². The largest absolute Gasteiger partial charge is 0.439 e. The van der Waals surface area contributed by atoms with E-state index < -0.39 is 17.8 Å². The van der Waals surface area contributed by atoms with E-state index >= 15 is 0 Å². The van der Waals surface area contributed by atoms with Gasteiger partial charge in [0.25, 0.3) is 0 Å². The molecule has 0 heterocycles. The van der Waals surface area contributed by atoms with Crippen LogP contribution in [0.25, 0.3) is 0 Å². The number of nitrogens with one attached hydrogen (secondary N) is 3. The molecule has 0 spiro atoms. The van der Waals surface area contributed by atoms with Crippen molar-refractivity contribution in [2.75, 3.05) is 36.8 Å². The number of amides is 2. The molecule has 5 N–H and O–H groups in total. The molecular formula is C28H37F3N6O2. The minimum absolute atomic E-state index is 0.0396. The van der Waals surface area contributed by atoms with Gasteiger partial charge in [0.05, 0.1) is 5.56 Å². The van der Waals surface area contributed by atoms with E-state index in [1.165, 1.54) is 18.3 Å². The van der Waals surface area contributed by atoms with Gasteiger partial charge in [-0.1, -0.05) is 26.5 Å². The van der Waals surface area contributed by atoms with E-state index in [1.807, 2.05) is 25.7 Å². The topological polar surface area (TPSA) is 104 Å². The summed E-state index contributed by atoms with van der Waals surface area (Å²) in [5.74, 6) is 0.755. The number of aliphatic imine (C=N–C) groups is 1. The number of ether oxygens (including phenoxy) is 1. The molecule has 0 radical (unpaired) electrons. The van der Waals surface area contributed by atoms with E-state index in [1.54, 1.807) is 30.3 Å². The highest BCUT2D eigenvalue weighted by Crippen LogP contribution is 2.34. The van der Waals surface area contributed by atoms with Crippen molar-refractivity contribution < 1.29 is 22.7 Å². The first-order chi connectivity index (χ1) is 18.6. The van der Waals surface area contributed by atoms with Gasteiger partial charge in [-0.2, -0.15) is 13.2 Å². The van der Waals surface area contributed by atoms with E-state index in [0.717, 1.165) is 18.2 Å². The number of carbonyl (C=O) groups is 1. The molecule has 2 rings (SSSR count). The molecular weight excluding hydrogens is 509 g/mol. The Bertz CT molecular complexity index is 1150. The number of urea groups is 1. The Hall–Kier alpha value is -3.83. The number of rotatable bonds is 13. The first kappa shape index (κ1) is 31.4. The van der Waals surface area contributed by atoms with Crippen LogP contribution in [0.4, 0.5) is 29.3 Å². The number of hydrogen-bond acceptors (Lipinski definition) is 6. The number of halogens is 3. The Balaban J connectivity index is 2.07. The fourth-order valence-electron chi connectivity index (χ4n) is 3.67. The summed E-state index contributed by atoms with van der Waals surface area (Å²) < 4.78 is 47.1. The maximum absolute atomic E-state index is 13.8. The molecule has 11 heteroatoms. The van der Waals surface area contributed by atoms with Gasteiger partial charge in [-0.15, -0.1) is 0 Å². The summed E-state index contributed by atoms with van der Waals surface area (Å²) in [6.07, 6.45) is -0.660. The molecule has 0 atom stereocenters. The van der Waals surface area contributed by atoms with Crippen LogP contribution in [-0.4, -0.2) is 43.0 Å². The van der Waals surface area contributed by atoms with Crippen molar-refractivity contribution in [3.63, 3.8) is 0 Å². The van der Waals surface area contributed by atoms with Crippen LogP contribution in [0.15, 0.2) is 72.0 Å². The van der Waals surface area contributed by atoms with Crippen LogP contribution < -0.4 is 26.4 Å². The summed E-state index contributed by atoms with van der Waals surface area (Å²) in [6.45, 7) is 11.9. The van der Waals surface area contributed by atoms with Crippen molar-refractivity contribution in [2.24, 2.45) is 10.7 Å². The maximum atomic E-state index is 13.8. The molecule has 8 nitrogen and oxygen atoms in total. The number of allylic oxidation sites excluding steroid dienone is 1. The third kappa shape index (κ3) is 10.8. The number of hydrogen-bond donors (Lipinski definition) is 4. The van der Waals surface area contributed by atoms with Gasteiger partial charge in [-0.25, -0.2) is 9.79 Å². The maximum Gasteiger partial charge on any atom is 0.416 e. The molecule has 0 fully saturated rings. The molecule has 39 heavy (non-hydrogen) atoms. The van der Waals surface area contributed by atoms with E-state index in [-0.39, 0.29) is 17.8 Å². The highest BCUT2D eigenvalue weighted by atomic mass is 19.4. The predicted octanol–water partition coefficient (Wildman–Crippen LogP) is 5.95. The Labute approximate surface area is 227 Å². The molecule has 2 aromatic rings. The summed E-state index contributed by atoms with van der Waals surface area (Å²) in [5, 5.41) is 8.19. The van der Waals surface area contributed by atoms with Gasteiger partial charge in [0.15, 0.2) is 0 Å². The standard InChI is InChI=1S/C28H37F3N6O2/c1-5-16-37(7-3)19-21-8-9-23(18-25(21)28(29,30)31)36-27(38)35-22-10-12-24(13-11-22)39-26(33-6-2)17-20(4)34-15-14-32/h6,8-13,17-18,34H,2,5,7,14-16,19,32H2,1,3-4H3,(H2,35,36,38)/b20-17+,33-26+. The van der Waals surface area contributed by atoms with E-state index in [9.17, 15) is 18.0 Å². The highest BCUT2D eigenvalue weighted by Gasteiger charge is 2.34. The Morgan fingerprint density at radius 3 is 2.38 bits per heavy atom. The number of nitrogens with two attached hydrogens (primary N) is 1. The van der Waals surface area contributed by atoms with Gasteiger partial charge in [-0.05, 0) is 68.4 Å². The number of carbonyl (C=O) groups excluding carboxylic acids is 1. The minimum atomic E-state index is -4.55. The average Bonchev–Trinajstić information content (AvgIpc) is 2.88. The fraction of sp³-hybridized carbons (Fsp3) is 0.357. The molecule has 0 aliphatic rings. The van der Waals surface area contributed by atoms with Crippen molar-refractivity contribution in [2.45, 2.75) is 39.9 Å². The number of anilines is 2. The Morgan fingerprint density at radius 2 is 1.79 bits per heavy atom. The second-order valence-electron chi connectivity index (χ2n) is 8.64. The third-order valence-electron chi connectivity index (χ3n) is 5.50. The van der Waals surface area contributed by atoms with Gasteiger partial charge in [0.2, 0.25) is 5.90 Å². The summed E-state index contributed by atoms with van der Waals surface area (Å²) in [4.78, 5) is 18.5. The van der Waals surface area contributed by atoms with Crippen molar-refractivity contribution in [1.82, 2.24) is 10.2 Å². The normalized spacial score (nSPS) is 12.3. The lowest BCUT2D eigenvalue weighted by Crippen LogP contribution is -2.25. The minimum Gasteiger partial charge on any atom is -0.439 e. The predicted molar refractivity (Wildman–Crippen MR) is 151 cm³/mol. The van der Waals surface area contributed by atoms with Gasteiger partial charge in [-0.3, -0.25) is 4.90 Å². The Kier molecular flexibility index (Phi) is 12.5. The summed E-state index contributed by atoms with van der Waals surface area (Å²) in [7, 11) is 0. The zero-order valence-corrected chi connectivity index (χ0v) is 22.6. The van der Waals surface area contributed by atoms with Crippen LogP contribution in [0, 0.1) is 0 Å². The lowest BCUT2D eigenvalue weighted by Gasteiger charge is -2.22. The first-order valence-electron chi connectivity index (χ1n) is 12.7. The van der Waals surface area contributed by atoms with E-state index in [4.69, 9.17) is 10.5 Å². The quantitative estimate of drug-likeness (QED) is 0.184. The highest BCUT2D eigenvalue weighted by molar-refractivity contribution is 6.00. The molecule has 0 saturated carbocycles. The Morgan fingerprint density at radius 1 is 1.13 bits per heavy atom. The third-order valence-corrected chi connectivity index (χ3v) is 5.50. The monoisotopic (exact) mass is 546 g/mol. The smallest absolute Gasteiger partial charge is 0.416 e. The second-order valence-corrected chi connectivity index (χ2v) is 8.64.